The van der Waals surface area contributed by atoms with E-state index in [-0.39, 0.29) is 11.8 Å². The number of carbonyl (C=O) groups is 2. The minimum absolute atomic E-state index is 0.169. The van der Waals surface area contributed by atoms with Gasteiger partial charge in [0.05, 0.1) is 12.3 Å². The summed E-state index contributed by atoms with van der Waals surface area (Å²) in [5.41, 5.74) is 2.47. The van der Waals surface area contributed by atoms with Crippen molar-refractivity contribution in [2.75, 3.05) is 23.4 Å². The summed E-state index contributed by atoms with van der Waals surface area (Å²) in [5.74, 6) is 0.630. The molecule has 1 heterocycles. The molecule has 28 heavy (non-hydrogen) atoms. The van der Waals surface area contributed by atoms with E-state index in [4.69, 9.17) is 4.74 Å². The summed E-state index contributed by atoms with van der Waals surface area (Å²) in [5, 5.41) is 2.87. The first-order valence-electron chi connectivity index (χ1n) is 9.78. The van der Waals surface area contributed by atoms with Crippen molar-refractivity contribution >= 4 is 29.3 Å². The number of anilines is 2. The van der Waals surface area contributed by atoms with Crippen molar-refractivity contribution in [1.29, 1.82) is 0 Å². The molecule has 0 unspecified atom stereocenters. The molecule has 2 amide bonds. The molecular formula is C23H26N2O3. The van der Waals surface area contributed by atoms with Gasteiger partial charge in [-0.25, -0.2) is 0 Å². The van der Waals surface area contributed by atoms with Crippen molar-refractivity contribution < 1.29 is 14.3 Å². The van der Waals surface area contributed by atoms with Gasteiger partial charge in [-0.05, 0) is 48.7 Å². The predicted octanol–water partition coefficient (Wildman–Crippen LogP) is 4.64. The lowest BCUT2D eigenvalue weighted by atomic mass is 10.2. The number of carbonyl (C=O) groups excluding carboxylic acids is 2. The third-order valence-corrected chi connectivity index (χ3v) is 4.61. The van der Waals surface area contributed by atoms with Crippen LogP contribution < -0.4 is 15.0 Å². The van der Waals surface area contributed by atoms with Crippen LogP contribution in [0.5, 0.6) is 5.75 Å². The molecule has 1 aliphatic heterocycles. The number of nitrogens with zero attached hydrogens (tertiary/aromatic N) is 1. The Morgan fingerprint density at radius 2 is 1.96 bits per heavy atom. The van der Waals surface area contributed by atoms with E-state index in [0.29, 0.717) is 24.5 Å². The van der Waals surface area contributed by atoms with Crippen molar-refractivity contribution in [1.82, 2.24) is 0 Å². The van der Waals surface area contributed by atoms with Gasteiger partial charge in [0, 0.05) is 24.7 Å². The van der Waals surface area contributed by atoms with Gasteiger partial charge in [-0.1, -0.05) is 37.6 Å². The molecule has 3 rings (SSSR count). The SMILES string of the molecule is CCCCOc1ccccc1NC(=O)C=Cc1ccc(N2CCCC2=O)cc1. The second-order valence-electron chi connectivity index (χ2n) is 6.76. The maximum absolute atomic E-state index is 12.3. The highest BCUT2D eigenvalue weighted by molar-refractivity contribution is 6.02. The van der Waals surface area contributed by atoms with Gasteiger partial charge in [0.2, 0.25) is 11.8 Å². The number of hydrogen-bond donors (Lipinski definition) is 1. The minimum Gasteiger partial charge on any atom is -0.491 e. The van der Waals surface area contributed by atoms with Gasteiger partial charge in [-0.15, -0.1) is 0 Å². The lowest BCUT2D eigenvalue weighted by molar-refractivity contribution is -0.117. The maximum atomic E-state index is 12.3. The lowest BCUT2D eigenvalue weighted by Crippen LogP contribution is -2.23. The van der Waals surface area contributed by atoms with Crippen LogP contribution in [0.2, 0.25) is 0 Å². The standard InChI is InChI=1S/C23H26N2O3/c1-2-3-17-28-21-8-5-4-7-20(21)24-22(26)15-12-18-10-13-19(14-11-18)25-16-6-9-23(25)27/h4-5,7-8,10-15H,2-3,6,9,16-17H2,1H3,(H,24,26). The number of amides is 2. The smallest absolute Gasteiger partial charge is 0.248 e. The topological polar surface area (TPSA) is 58.6 Å². The Kier molecular flexibility index (Phi) is 6.84. The summed E-state index contributed by atoms with van der Waals surface area (Å²) in [7, 11) is 0. The average Bonchev–Trinajstić information content (AvgIpc) is 3.14. The fourth-order valence-corrected chi connectivity index (χ4v) is 3.06. The van der Waals surface area contributed by atoms with Gasteiger partial charge in [-0.2, -0.15) is 0 Å². The van der Waals surface area contributed by atoms with Crippen molar-refractivity contribution in [2.45, 2.75) is 32.6 Å². The first-order valence-corrected chi connectivity index (χ1v) is 9.78. The Balaban J connectivity index is 1.59. The number of rotatable bonds is 8. The zero-order valence-corrected chi connectivity index (χ0v) is 16.2. The summed E-state index contributed by atoms with van der Waals surface area (Å²) in [6.45, 7) is 3.51. The Bertz CT molecular complexity index is 843. The summed E-state index contributed by atoms with van der Waals surface area (Å²) < 4.78 is 5.74. The first-order chi connectivity index (χ1) is 13.7. The molecular weight excluding hydrogens is 352 g/mol. The summed E-state index contributed by atoms with van der Waals surface area (Å²) >= 11 is 0. The Hall–Kier alpha value is -3.08. The summed E-state index contributed by atoms with van der Waals surface area (Å²) in [6, 6.07) is 15.1. The molecule has 0 aromatic heterocycles. The highest BCUT2D eigenvalue weighted by Gasteiger charge is 2.21. The molecule has 5 heteroatoms. The maximum Gasteiger partial charge on any atom is 0.248 e. The molecule has 0 radical (unpaired) electrons. The summed E-state index contributed by atoms with van der Waals surface area (Å²) in [6.07, 6.45) is 6.81. The van der Waals surface area contributed by atoms with E-state index in [2.05, 4.69) is 12.2 Å². The Morgan fingerprint density at radius 3 is 2.68 bits per heavy atom. The van der Waals surface area contributed by atoms with Crippen LogP contribution in [0.4, 0.5) is 11.4 Å². The highest BCUT2D eigenvalue weighted by atomic mass is 16.5. The van der Waals surface area contributed by atoms with E-state index < -0.39 is 0 Å². The molecule has 0 bridgehead atoms. The molecule has 1 saturated heterocycles. The van der Waals surface area contributed by atoms with Gasteiger partial charge < -0.3 is 15.0 Å². The van der Waals surface area contributed by atoms with Gasteiger partial charge in [0.1, 0.15) is 5.75 Å². The third kappa shape index (κ3) is 5.22. The number of benzene rings is 2. The van der Waals surface area contributed by atoms with E-state index >= 15 is 0 Å². The molecule has 1 N–H and O–H groups in total. The number of ether oxygens (including phenoxy) is 1. The van der Waals surface area contributed by atoms with Crippen LogP contribution in [0.1, 0.15) is 38.2 Å². The highest BCUT2D eigenvalue weighted by Crippen LogP contribution is 2.24. The Labute approximate surface area is 166 Å². The first kappa shape index (κ1) is 19.7. The second kappa shape index (κ2) is 9.74. The van der Waals surface area contributed by atoms with Crippen molar-refractivity contribution in [3.8, 4) is 5.75 Å². The third-order valence-electron chi connectivity index (χ3n) is 4.61. The van der Waals surface area contributed by atoms with E-state index in [1.54, 1.807) is 11.0 Å². The molecule has 0 atom stereocenters. The Morgan fingerprint density at radius 1 is 1.18 bits per heavy atom. The fraction of sp³-hybridized carbons (Fsp3) is 0.304. The molecule has 2 aromatic rings. The molecule has 1 fully saturated rings. The second-order valence-corrected chi connectivity index (χ2v) is 6.76. The number of unbranched alkanes of at least 4 members (excludes halogenated alkanes) is 1. The van der Waals surface area contributed by atoms with Crippen molar-refractivity contribution in [2.24, 2.45) is 0 Å². The average molecular weight is 378 g/mol. The van der Waals surface area contributed by atoms with E-state index in [9.17, 15) is 9.59 Å². The minimum atomic E-state index is -0.217. The quantitative estimate of drug-likeness (QED) is 0.538. The van der Waals surface area contributed by atoms with Gasteiger partial charge >= 0.3 is 0 Å². The molecule has 1 aliphatic rings. The largest absolute Gasteiger partial charge is 0.491 e. The van der Waals surface area contributed by atoms with Crippen LogP contribution in [0.25, 0.3) is 6.08 Å². The van der Waals surface area contributed by atoms with Crippen molar-refractivity contribution in [3.05, 3.63) is 60.2 Å². The lowest BCUT2D eigenvalue weighted by Gasteiger charge is -2.15. The number of para-hydroxylation sites is 2. The van der Waals surface area contributed by atoms with E-state index in [1.165, 1.54) is 6.08 Å². The molecule has 146 valence electrons. The molecule has 0 saturated carbocycles. The van der Waals surface area contributed by atoms with Gasteiger partial charge in [0.15, 0.2) is 0 Å². The van der Waals surface area contributed by atoms with Gasteiger partial charge in [-0.3, -0.25) is 9.59 Å². The molecule has 2 aromatic carbocycles. The zero-order valence-electron chi connectivity index (χ0n) is 16.2. The normalized spacial score (nSPS) is 13.9. The van der Waals surface area contributed by atoms with Crippen LogP contribution >= 0.6 is 0 Å². The fourth-order valence-electron chi connectivity index (χ4n) is 3.06. The zero-order chi connectivity index (χ0) is 19.8. The number of hydrogen-bond acceptors (Lipinski definition) is 3. The molecule has 0 aliphatic carbocycles. The summed E-state index contributed by atoms with van der Waals surface area (Å²) in [4.78, 5) is 25.9. The predicted molar refractivity (Wildman–Crippen MR) is 113 cm³/mol. The van der Waals surface area contributed by atoms with E-state index in [0.717, 1.165) is 37.1 Å². The van der Waals surface area contributed by atoms with Gasteiger partial charge in [0.25, 0.3) is 0 Å². The van der Waals surface area contributed by atoms with E-state index in [1.807, 2.05) is 48.5 Å². The van der Waals surface area contributed by atoms with Crippen LogP contribution in [0.3, 0.4) is 0 Å². The molecule has 5 nitrogen and oxygen atoms in total. The molecule has 0 spiro atoms. The number of nitrogens with one attached hydrogen (secondary N) is 1. The van der Waals surface area contributed by atoms with Crippen molar-refractivity contribution in [3.63, 3.8) is 0 Å². The van der Waals surface area contributed by atoms with Crippen LogP contribution in [0, 0.1) is 0 Å². The van der Waals surface area contributed by atoms with Crippen LogP contribution in [-0.2, 0) is 9.59 Å². The van der Waals surface area contributed by atoms with Crippen LogP contribution in [0.15, 0.2) is 54.6 Å². The van der Waals surface area contributed by atoms with Crippen LogP contribution in [-0.4, -0.2) is 25.0 Å². The monoisotopic (exact) mass is 378 g/mol.